The highest BCUT2D eigenvalue weighted by atomic mass is 35.5. The SMILES string of the molecule is NC(=O)OCCNCC(=O)Nc1cccc(Cl)c1. The third-order valence-electron chi connectivity index (χ3n) is 1.92. The standard InChI is InChI=1S/C11H14ClN3O3/c12-8-2-1-3-9(6-8)15-10(16)7-14-4-5-18-11(13)17/h1-3,6,14H,4-5,7H2,(H2,13,17)(H,15,16). The number of nitrogens with one attached hydrogen (secondary N) is 2. The van der Waals surface area contributed by atoms with Gasteiger partial charge in [0.25, 0.3) is 0 Å². The van der Waals surface area contributed by atoms with Crippen LogP contribution in [0.1, 0.15) is 0 Å². The van der Waals surface area contributed by atoms with Crippen molar-refractivity contribution in [3.63, 3.8) is 0 Å². The van der Waals surface area contributed by atoms with Crippen molar-refractivity contribution in [2.24, 2.45) is 5.73 Å². The van der Waals surface area contributed by atoms with Crippen LogP contribution < -0.4 is 16.4 Å². The Labute approximate surface area is 109 Å². The maximum Gasteiger partial charge on any atom is 0.404 e. The van der Waals surface area contributed by atoms with E-state index in [9.17, 15) is 9.59 Å². The molecule has 0 saturated heterocycles. The minimum Gasteiger partial charge on any atom is -0.448 e. The van der Waals surface area contributed by atoms with Gasteiger partial charge < -0.3 is 21.1 Å². The lowest BCUT2D eigenvalue weighted by Crippen LogP contribution is -2.31. The molecule has 0 bridgehead atoms. The molecule has 4 N–H and O–H groups in total. The molecule has 7 heteroatoms. The van der Waals surface area contributed by atoms with Crippen LogP contribution >= 0.6 is 11.6 Å². The molecule has 1 rings (SSSR count). The number of carbonyl (C=O) groups excluding carboxylic acids is 2. The molecule has 0 unspecified atom stereocenters. The molecule has 18 heavy (non-hydrogen) atoms. The maximum atomic E-state index is 11.5. The summed E-state index contributed by atoms with van der Waals surface area (Å²) in [5.41, 5.74) is 5.40. The molecular formula is C11H14ClN3O3. The van der Waals surface area contributed by atoms with Gasteiger partial charge in [-0.3, -0.25) is 4.79 Å². The quantitative estimate of drug-likeness (QED) is 0.672. The maximum absolute atomic E-state index is 11.5. The number of rotatable bonds is 6. The Morgan fingerprint density at radius 1 is 1.39 bits per heavy atom. The fourth-order valence-corrected chi connectivity index (χ4v) is 1.39. The minimum atomic E-state index is -0.833. The molecule has 0 heterocycles. The molecule has 0 aliphatic rings. The van der Waals surface area contributed by atoms with Crippen molar-refractivity contribution in [1.82, 2.24) is 5.32 Å². The zero-order chi connectivity index (χ0) is 13.4. The van der Waals surface area contributed by atoms with Crippen LogP contribution in [0.3, 0.4) is 0 Å². The van der Waals surface area contributed by atoms with Crippen LogP contribution in [0.15, 0.2) is 24.3 Å². The predicted octanol–water partition coefficient (Wildman–Crippen LogP) is 0.963. The summed E-state index contributed by atoms with van der Waals surface area (Å²) in [6.45, 7) is 0.584. The van der Waals surface area contributed by atoms with Gasteiger partial charge in [0.05, 0.1) is 6.54 Å². The van der Waals surface area contributed by atoms with Gasteiger partial charge in [0.15, 0.2) is 0 Å². The normalized spacial score (nSPS) is 9.83. The van der Waals surface area contributed by atoms with Gasteiger partial charge in [-0.15, -0.1) is 0 Å². The summed E-state index contributed by atoms with van der Waals surface area (Å²) in [4.78, 5) is 21.7. The lowest BCUT2D eigenvalue weighted by atomic mass is 10.3. The molecule has 1 aromatic carbocycles. The first-order chi connectivity index (χ1) is 8.58. The first-order valence-corrected chi connectivity index (χ1v) is 5.64. The van der Waals surface area contributed by atoms with Crippen molar-refractivity contribution in [3.8, 4) is 0 Å². The van der Waals surface area contributed by atoms with Crippen LogP contribution in [-0.4, -0.2) is 31.7 Å². The smallest absolute Gasteiger partial charge is 0.404 e. The number of hydrogen-bond acceptors (Lipinski definition) is 4. The molecule has 0 radical (unpaired) electrons. The highest BCUT2D eigenvalue weighted by Crippen LogP contribution is 2.14. The van der Waals surface area contributed by atoms with Crippen LogP contribution in [0.5, 0.6) is 0 Å². The third-order valence-corrected chi connectivity index (χ3v) is 2.15. The number of ether oxygens (including phenoxy) is 1. The van der Waals surface area contributed by atoms with Gasteiger partial charge in [0, 0.05) is 17.3 Å². The van der Waals surface area contributed by atoms with Crippen molar-refractivity contribution in [2.75, 3.05) is 25.0 Å². The fourth-order valence-electron chi connectivity index (χ4n) is 1.20. The average molecular weight is 272 g/mol. The summed E-state index contributed by atoms with van der Waals surface area (Å²) in [7, 11) is 0. The number of halogens is 1. The summed E-state index contributed by atoms with van der Waals surface area (Å²) in [6, 6.07) is 6.85. The molecule has 0 spiro atoms. The molecule has 0 saturated carbocycles. The van der Waals surface area contributed by atoms with Crippen LogP contribution in [0, 0.1) is 0 Å². The number of primary amides is 1. The number of nitrogens with two attached hydrogens (primary N) is 1. The van der Waals surface area contributed by atoms with Gasteiger partial charge in [0.1, 0.15) is 6.61 Å². The summed E-state index contributed by atoms with van der Waals surface area (Å²) < 4.78 is 4.48. The second-order valence-corrected chi connectivity index (χ2v) is 3.84. The molecule has 6 nitrogen and oxygen atoms in total. The van der Waals surface area contributed by atoms with E-state index in [1.54, 1.807) is 24.3 Å². The number of carbonyl (C=O) groups is 2. The molecule has 2 amide bonds. The molecule has 0 aliphatic heterocycles. The summed E-state index contributed by atoms with van der Waals surface area (Å²) in [5.74, 6) is -0.212. The van der Waals surface area contributed by atoms with Gasteiger partial charge in [0.2, 0.25) is 5.91 Å². The molecule has 0 fully saturated rings. The molecule has 1 aromatic rings. The first-order valence-electron chi connectivity index (χ1n) is 5.26. The Kier molecular flexibility index (Phi) is 5.96. The fraction of sp³-hybridized carbons (Fsp3) is 0.273. The lowest BCUT2D eigenvalue weighted by Gasteiger charge is -2.07. The molecule has 0 atom stereocenters. The van der Waals surface area contributed by atoms with Crippen LogP contribution in [-0.2, 0) is 9.53 Å². The highest BCUT2D eigenvalue weighted by molar-refractivity contribution is 6.30. The topological polar surface area (TPSA) is 93.5 Å². The van der Waals surface area contributed by atoms with Gasteiger partial charge in [-0.25, -0.2) is 4.79 Å². The second-order valence-electron chi connectivity index (χ2n) is 3.40. The largest absolute Gasteiger partial charge is 0.448 e. The monoisotopic (exact) mass is 271 g/mol. The van der Waals surface area contributed by atoms with E-state index in [1.165, 1.54) is 0 Å². The van der Waals surface area contributed by atoms with E-state index in [0.717, 1.165) is 0 Å². The van der Waals surface area contributed by atoms with Crippen molar-refractivity contribution in [3.05, 3.63) is 29.3 Å². The van der Waals surface area contributed by atoms with Crippen LogP contribution in [0.4, 0.5) is 10.5 Å². The van der Waals surface area contributed by atoms with E-state index in [1.807, 2.05) is 0 Å². The summed E-state index contributed by atoms with van der Waals surface area (Å²) in [5, 5.41) is 6.01. The van der Waals surface area contributed by atoms with Crippen molar-refractivity contribution in [1.29, 1.82) is 0 Å². The predicted molar refractivity (Wildman–Crippen MR) is 68.5 cm³/mol. The first kappa shape index (κ1) is 14.3. The third kappa shape index (κ3) is 6.07. The zero-order valence-corrected chi connectivity index (χ0v) is 10.4. The zero-order valence-electron chi connectivity index (χ0n) is 9.61. The van der Waals surface area contributed by atoms with E-state index in [0.29, 0.717) is 17.3 Å². The average Bonchev–Trinajstić information content (AvgIpc) is 2.28. The lowest BCUT2D eigenvalue weighted by molar-refractivity contribution is -0.115. The van der Waals surface area contributed by atoms with E-state index in [4.69, 9.17) is 17.3 Å². The van der Waals surface area contributed by atoms with Crippen molar-refractivity contribution in [2.45, 2.75) is 0 Å². The van der Waals surface area contributed by atoms with Crippen LogP contribution in [0.25, 0.3) is 0 Å². The van der Waals surface area contributed by atoms with Gasteiger partial charge in [-0.1, -0.05) is 17.7 Å². The molecule has 98 valence electrons. The Morgan fingerprint density at radius 3 is 2.83 bits per heavy atom. The molecule has 0 aliphatic carbocycles. The number of amides is 2. The number of benzene rings is 1. The Hall–Kier alpha value is -1.79. The van der Waals surface area contributed by atoms with Gasteiger partial charge >= 0.3 is 6.09 Å². The summed E-state index contributed by atoms with van der Waals surface area (Å²) >= 11 is 5.78. The van der Waals surface area contributed by atoms with Gasteiger partial charge in [-0.05, 0) is 18.2 Å². The van der Waals surface area contributed by atoms with E-state index in [-0.39, 0.29) is 19.1 Å². The Balaban J connectivity index is 2.20. The molecule has 0 aromatic heterocycles. The number of hydrogen-bond donors (Lipinski definition) is 3. The Bertz CT molecular complexity index is 426. The Morgan fingerprint density at radius 2 is 2.17 bits per heavy atom. The summed E-state index contributed by atoms with van der Waals surface area (Å²) in [6.07, 6.45) is -0.833. The van der Waals surface area contributed by atoms with Crippen LogP contribution in [0.2, 0.25) is 5.02 Å². The molecular weight excluding hydrogens is 258 g/mol. The van der Waals surface area contributed by atoms with Crippen molar-refractivity contribution >= 4 is 29.3 Å². The van der Waals surface area contributed by atoms with E-state index >= 15 is 0 Å². The number of anilines is 1. The van der Waals surface area contributed by atoms with E-state index < -0.39 is 6.09 Å². The van der Waals surface area contributed by atoms with Crippen molar-refractivity contribution < 1.29 is 14.3 Å². The minimum absolute atomic E-state index is 0.106. The second kappa shape index (κ2) is 7.52. The highest BCUT2D eigenvalue weighted by Gasteiger charge is 2.02. The van der Waals surface area contributed by atoms with E-state index in [2.05, 4.69) is 15.4 Å². The van der Waals surface area contributed by atoms with Gasteiger partial charge in [-0.2, -0.15) is 0 Å².